The average Bonchev–Trinajstić information content (AvgIpc) is 2.90. The molecule has 0 unspecified atom stereocenters. The highest BCUT2D eigenvalue weighted by atomic mass is 19.4. The summed E-state index contributed by atoms with van der Waals surface area (Å²) in [6.07, 6.45) is -2.58. The molecule has 1 aromatic heterocycles. The van der Waals surface area contributed by atoms with Crippen LogP contribution >= 0.6 is 0 Å². The molecule has 1 N–H and O–H groups in total. The molecule has 0 spiro atoms. The van der Waals surface area contributed by atoms with E-state index < -0.39 is 18.7 Å². The van der Waals surface area contributed by atoms with Gasteiger partial charge in [-0.15, -0.1) is 0 Å². The lowest BCUT2D eigenvalue weighted by atomic mass is 10.2. The summed E-state index contributed by atoms with van der Waals surface area (Å²) in [6.45, 7) is 3.43. The molecule has 24 heavy (non-hydrogen) atoms. The number of alkyl halides is 3. The first-order valence-electron chi connectivity index (χ1n) is 7.39. The Morgan fingerprint density at radius 2 is 2.12 bits per heavy atom. The Morgan fingerprint density at radius 3 is 2.75 bits per heavy atom. The van der Waals surface area contributed by atoms with Gasteiger partial charge in [-0.2, -0.15) is 18.3 Å². The fourth-order valence-electron chi connectivity index (χ4n) is 2.06. The van der Waals surface area contributed by atoms with Crippen LogP contribution in [0.2, 0.25) is 0 Å². The first kappa shape index (κ1) is 17.8. The number of benzene rings is 1. The fraction of sp³-hybridized carbons (Fsp3) is 0.375. The van der Waals surface area contributed by atoms with E-state index in [1.807, 2.05) is 20.0 Å². The molecular weight excluding hydrogens is 323 g/mol. The van der Waals surface area contributed by atoms with Gasteiger partial charge in [0, 0.05) is 30.4 Å². The van der Waals surface area contributed by atoms with Gasteiger partial charge >= 0.3 is 6.18 Å². The minimum absolute atomic E-state index is 0.00467. The third-order valence-corrected chi connectivity index (χ3v) is 3.31. The lowest BCUT2D eigenvalue weighted by Gasteiger charge is -2.10. The molecule has 0 radical (unpaired) electrons. The number of hydrogen-bond acceptors (Lipinski definition) is 3. The van der Waals surface area contributed by atoms with Crippen molar-refractivity contribution in [3.63, 3.8) is 0 Å². The molecule has 5 nitrogen and oxygen atoms in total. The molecule has 1 amide bonds. The van der Waals surface area contributed by atoms with Crippen LogP contribution in [0.5, 0.6) is 5.75 Å². The van der Waals surface area contributed by atoms with Gasteiger partial charge in [0.2, 0.25) is 0 Å². The van der Waals surface area contributed by atoms with Gasteiger partial charge in [-0.3, -0.25) is 9.48 Å². The molecule has 0 aliphatic carbocycles. The highest BCUT2D eigenvalue weighted by Gasteiger charge is 2.28. The van der Waals surface area contributed by atoms with Crippen LogP contribution in [-0.4, -0.2) is 28.5 Å². The number of nitrogens with one attached hydrogen (secondary N) is 1. The molecule has 0 atom stereocenters. The normalized spacial score (nSPS) is 11.4. The van der Waals surface area contributed by atoms with Crippen molar-refractivity contribution in [3.05, 3.63) is 47.3 Å². The first-order chi connectivity index (χ1) is 11.3. The second-order valence-electron chi connectivity index (χ2n) is 5.21. The molecule has 0 bridgehead atoms. The van der Waals surface area contributed by atoms with Gasteiger partial charge < -0.3 is 10.1 Å². The molecule has 2 rings (SSSR count). The number of aryl methyl sites for hydroxylation is 2. The minimum Gasteiger partial charge on any atom is -0.484 e. The molecule has 2 aromatic rings. The lowest BCUT2D eigenvalue weighted by molar-refractivity contribution is -0.153. The van der Waals surface area contributed by atoms with Gasteiger partial charge in [0.15, 0.2) is 6.61 Å². The van der Waals surface area contributed by atoms with Crippen LogP contribution in [0.1, 0.15) is 28.5 Å². The molecule has 130 valence electrons. The monoisotopic (exact) mass is 341 g/mol. The molecule has 0 saturated carbocycles. The maximum Gasteiger partial charge on any atom is 0.422 e. The molecular formula is C16H18F3N3O2. The van der Waals surface area contributed by atoms with Crippen LogP contribution in [0.15, 0.2) is 30.5 Å². The van der Waals surface area contributed by atoms with Gasteiger partial charge in [-0.05, 0) is 32.0 Å². The highest BCUT2D eigenvalue weighted by molar-refractivity contribution is 5.94. The van der Waals surface area contributed by atoms with E-state index in [9.17, 15) is 18.0 Å². The number of hydrogen-bond donors (Lipinski definition) is 1. The van der Waals surface area contributed by atoms with Crippen molar-refractivity contribution >= 4 is 5.91 Å². The lowest BCUT2D eigenvalue weighted by Crippen LogP contribution is -2.23. The number of carbonyl (C=O) groups is 1. The van der Waals surface area contributed by atoms with E-state index in [4.69, 9.17) is 0 Å². The molecule has 0 fully saturated rings. The first-order valence-corrected chi connectivity index (χ1v) is 7.39. The summed E-state index contributed by atoms with van der Waals surface area (Å²) in [4.78, 5) is 12.1. The number of ether oxygens (including phenoxy) is 1. The van der Waals surface area contributed by atoms with Crippen LogP contribution in [0, 0.1) is 6.92 Å². The van der Waals surface area contributed by atoms with E-state index in [0.717, 1.165) is 17.8 Å². The molecule has 8 heteroatoms. The van der Waals surface area contributed by atoms with Crippen molar-refractivity contribution in [2.75, 3.05) is 6.61 Å². The summed E-state index contributed by atoms with van der Waals surface area (Å²) in [5.41, 5.74) is 1.93. The van der Waals surface area contributed by atoms with Crippen molar-refractivity contribution in [1.82, 2.24) is 15.1 Å². The molecule has 0 aliphatic heterocycles. The van der Waals surface area contributed by atoms with Crippen LogP contribution < -0.4 is 10.1 Å². The number of rotatable bonds is 6. The van der Waals surface area contributed by atoms with E-state index >= 15 is 0 Å². The van der Waals surface area contributed by atoms with Crippen molar-refractivity contribution in [3.8, 4) is 5.75 Å². The average molecular weight is 341 g/mol. The summed E-state index contributed by atoms with van der Waals surface area (Å²) in [5.74, 6) is -0.397. The van der Waals surface area contributed by atoms with Gasteiger partial charge in [0.25, 0.3) is 5.91 Å². The van der Waals surface area contributed by atoms with E-state index in [-0.39, 0.29) is 17.9 Å². The predicted octanol–water partition coefficient (Wildman–Crippen LogP) is 3.08. The van der Waals surface area contributed by atoms with E-state index in [2.05, 4.69) is 15.2 Å². The van der Waals surface area contributed by atoms with Crippen molar-refractivity contribution in [2.24, 2.45) is 0 Å². The van der Waals surface area contributed by atoms with Crippen LogP contribution in [0.4, 0.5) is 13.2 Å². The Morgan fingerprint density at radius 1 is 1.38 bits per heavy atom. The number of carbonyl (C=O) groups excluding carboxylic acids is 1. The zero-order valence-corrected chi connectivity index (χ0v) is 13.4. The van der Waals surface area contributed by atoms with Crippen LogP contribution in [0.3, 0.4) is 0 Å². The topological polar surface area (TPSA) is 56.2 Å². The van der Waals surface area contributed by atoms with E-state index in [1.165, 1.54) is 24.3 Å². The number of amides is 1. The SMILES string of the molecule is CCn1cc(CNC(=O)c2cccc(OCC(F)(F)F)c2)c(C)n1. The molecule has 0 saturated heterocycles. The van der Waals surface area contributed by atoms with Crippen molar-refractivity contribution in [1.29, 1.82) is 0 Å². The number of aromatic nitrogens is 2. The highest BCUT2D eigenvalue weighted by Crippen LogP contribution is 2.19. The van der Waals surface area contributed by atoms with Crippen LogP contribution in [0.25, 0.3) is 0 Å². The fourth-order valence-corrected chi connectivity index (χ4v) is 2.06. The van der Waals surface area contributed by atoms with Gasteiger partial charge in [-0.25, -0.2) is 0 Å². The van der Waals surface area contributed by atoms with E-state index in [0.29, 0.717) is 0 Å². The Bertz CT molecular complexity index is 711. The van der Waals surface area contributed by atoms with Gasteiger partial charge in [0.1, 0.15) is 5.75 Å². The second kappa shape index (κ2) is 7.37. The quantitative estimate of drug-likeness (QED) is 0.878. The maximum absolute atomic E-state index is 12.2. The third kappa shape index (κ3) is 5.00. The summed E-state index contributed by atoms with van der Waals surface area (Å²) in [7, 11) is 0. The third-order valence-electron chi connectivity index (χ3n) is 3.31. The Balaban J connectivity index is 1.98. The molecule has 0 aliphatic rings. The Labute approximate surface area is 137 Å². The second-order valence-corrected chi connectivity index (χ2v) is 5.21. The zero-order chi connectivity index (χ0) is 17.7. The summed E-state index contributed by atoms with van der Waals surface area (Å²) in [6, 6.07) is 5.64. The molecule has 1 aromatic carbocycles. The van der Waals surface area contributed by atoms with Crippen molar-refractivity contribution in [2.45, 2.75) is 33.1 Å². The van der Waals surface area contributed by atoms with Gasteiger partial charge in [-0.1, -0.05) is 6.07 Å². The van der Waals surface area contributed by atoms with Gasteiger partial charge in [0.05, 0.1) is 5.69 Å². The summed E-state index contributed by atoms with van der Waals surface area (Å²) in [5, 5.41) is 7.00. The van der Waals surface area contributed by atoms with Crippen LogP contribution in [-0.2, 0) is 13.1 Å². The predicted molar refractivity (Wildman–Crippen MR) is 81.8 cm³/mol. The number of halogens is 3. The molecule has 1 heterocycles. The Hall–Kier alpha value is -2.51. The maximum atomic E-state index is 12.2. The van der Waals surface area contributed by atoms with Crippen molar-refractivity contribution < 1.29 is 22.7 Å². The van der Waals surface area contributed by atoms with E-state index in [1.54, 1.807) is 4.68 Å². The smallest absolute Gasteiger partial charge is 0.422 e. The summed E-state index contributed by atoms with van der Waals surface area (Å²) >= 11 is 0. The Kier molecular flexibility index (Phi) is 5.48. The zero-order valence-electron chi connectivity index (χ0n) is 13.4. The largest absolute Gasteiger partial charge is 0.484 e. The summed E-state index contributed by atoms with van der Waals surface area (Å²) < 4.78 is 42.9. The number of nitrogens with zero attached hydrogens (tertiary/aromatic N) is 2. The standard InChI is InChI=1S/C16H18F3N3O2/c1-3-22-9-13(11(2)21-22)8-20-15(23)12-5-4-6-14(7-12)24-10-16(17,18)19/h4-7,9H,3,8,10H2,1-2H3,(H,20,23). The minimum atomic E-state index is -4.42.